The monoisotopic (exact) mass is 611 g/mol. The van der Waals surface area contributed by atoms with Crippen molar-refractivity contribution in [2.45, 2.75) is 31.9 Å². The van der Waals surface area contributed by atoms with Crippen molar-refractivity contribution in [2.24, 2.45) is 0 Å². The number of carbonyl (C=O) groups excluding carboxylic acids is 2. The van der Waals surface area contributed by atoms with Crippen LogP contribution in [-0.2, 0) is 16.0 Å². The van der Waals surface area contributed by atoms with E-state index in [1.807, 2.05) is 54.3 Å². The standard InChI is InChI=1S/C32H33N7O6/c1-21-15-35-32(38-9-8-33-19-38)36-31(21)39-11-10-37(30(41)13-22-6-7-26-28(12-22)44-20-43-26)17-23(39)14-29(40)34-16-24-18-42-25-4-2-3-5-27(25)45-24/h2-9,12,15,19,23-24H,10-11,13-14,16-18,20H2,1H3,(H,34,40). The minimum atomic E-state index is -0.326. The number of fused-ring (bicyclic) bond motifs is 2. The van der Waals surface area contributed by atoms with Crippen LogP contribution < -0.4 is 29.2 Å². The van der Waals surface area contributed by atoms with Crippen LogP contribution in [0, 0.1) is 6.92 Å². The molecule has 1 saturated heterocycles. The number of ether oxygens (including phenoxy) is 4. The molecule has 0 aliphatic carbocycles. The summed E-state index contributed by atoms with van der Waals surface area (Å²) in [6.45, 7) is 4.10. The first-order chi connectivity index (χ1) is 22.0. The van der Waals surface area contributed by atoms with Gasteiger partial charge >= 0.3 is 0 Å². The zero-order valence-electron chi connectivity index (χ0n) is 24.8. The molecular formula is C32H33N7O6. The number of carbonyl (C=O) groups is 2. The number of benzene rings is 2. The fourth-order valence-corrected chi connectivity index (χ4v) is 5.77. The second-order valence-corrected chi connectivity index (χ2v) is 11.2. The van der Waals surface area contributed by atoms with Crippen molar-refractivity contribution in [3.63, 3.8) is 0 Å². The summed E-state index contributed by atoms with van der Waals surface area (Å²) in [5.41, 5.74) is 1.71. The molecule has 5 heterocycles. The second kappa shape index (κ2) is 12.3. The molecule has 2 aromatic heterocycles. The summed E-state index contributed by atoms with van der Waals surface area (Å²) in [4.78, 5) is 44.3. The van der Waals surface area contributed by atoms with Crippen LogP contribution in [0.2, 0.25) is 0 Å². The Morgan fingerprint density at radius 1 is 1.02 bits per heavy atom. The molecule has 3 aliphatic rings. The number of hydrogen-bond donors (Lipinski definition) is 1. The number of aromatic nitrogens is 4. The molecule has 4 aromatic rings. The number of para-hydroxylation sites is 2. The Labute approximate surface area is 259 Å². The molecule has 7 rings (SSSR count). The first-order valence-electron chi connectivity index (χ1n) is 14.9. The second-order valence-electron chi connectivity index (χ2n) is 11.2. The molecule has 1 N–H and O–H groups in total. The number of anilines is 1. The van der Waals surface area contributed by atoms with Crippen molar-refractivity contribution in [1.82, 2.24) is 29.7 Å². The predicted octanol–water partition coefficient (Wildman–Crippen LogP) is 2.31. The maximum Gasteiger partial charge on any atom is 0.236 e. The van der Waals surface area contributed by atoms with Gasteiger partial charge in [-0.25, -0.2) is 9.97 Å². The smallest absolute Gasteiger partial charge is 0.236 e. The van der Waals surface area contributed by atoms with Crippen molar-refractivity contribution >= 4 is 17.6 Å². The van der Waals surface area contributed by atoms with Gasteiger partial charge in [-0.2, -0.15) is 4.98 Å². The molecule has 13 heteroatoms. The minimum Gasteiger partial charge on any atom is -0.486 e. The number of aryl methyl sites for hydroxylation is 1. The lowest BCUT2D eigenvalue weighted by Gasteiger charge is -2.42. The molecule has 2 aromatic carbocycles. The van der Waals surface area contributed by atoms with E-state index in [1.54, 1.807) is 29.5 Å². The molecular weight excluding hydrogens is 578 g/mol. The molecule has 0 spiro atoms. The number of piperazine rings is 1. The summed E-state index contributed by atoms with van der Waals surface area (Å²) in [5, 5.41) is 3.01. The molecule has 2 unspecified atom stereocenters. The van der Waals surface area contributed by atoms with Crippen LogP contribution in [0.5, 0.6) is 23.0 Å². The van der Waals surface area contributed by atoms with Crippen molar-refractivity contribution in [3.8, 4) is 28.9 Å². The molecule has 232 valence electrons. The minimum absolute atomic E-state index is 0.0242. The fraction of sp³-hybridized carbons (Fsp3) is 0.344. The highest BCUT2D eigenvalue weighted by Crippen LogP contribution is 2.33. The summed E-state index contributed by atoms with van der Waals surface area (Å²) < 4.78 is 24.4. The van der Waals surface area contributed by atoms with Gasteiger partial charge < -0.3 is 34.1 Å². The average molecular weight is 612 g/mol. The van der Waals surface area contributed by atoms with Gasteiger partial charge in [0.15, 0.2) is 23.0 Å². The van der Waals surface area contributed by atoms with Crippen molar-refractivity contribution in [1.29, 1.82) is 0 Å². The van der Waals surface area contributed by atoms with Crippen LogP contribution in [-0.4, -0.2) is 88.0 Å². The van der Waals surface area contributed by atoms with E-state index in [-0.39, 0.29) is 43.6 Å². The topological polar surface area (TPSA) is 133 Å². The molecule has 13 nitrogen and oxygen atoms in total. The Kier molecular flexibility index (Phi) is 7.80. The van der Waals surface area contributed by atoms with Gasteiger partial charge in [0.2, 0.25) is 24.6 Å². The Morgan fingerprint density at radius 2 is 1.87 bits per heavy atom. The number of imidazole rings is 1. The van der Waals surface area contributed by atoms with Crippen LogP contribution in [0.25, 0.3) is 5.95 Å². The van der Waals surface area contributed by atoms with Crippen LogP contribution >= 0.6 is 0 Å². The zero-order valence-corrected chi connectivity index (χ0v) is 24.8. The number of nitrogens with zero attached hydrogens (tertiary/aromatic N) is 6. The first kappa shape index (κ1) is 28.4. The lowest BCUT2D eigenvalue weighted by molar-refractivity contribution is -0.132. The van der Waals surface area contributed by atoms with Gasteiger partial charge in [-0.15, -0.1) is 0 Å². The molecule has 2 amide bonds. The van der Waals surface area contributed by atoms with E-state index in [0.29, 0.717) is 61.7 Å². The Balaban J connectivity index is 1.06. The molecule has 2 atom stereocenters. The SMILES string of the molecule is Cc1cnc(-n2ccnc2)nc1N1CCN(C(=O)Cc2ccc3c(c2)OCO3)CC1CC(=O)NCC1COc2ccccc2O1. The van der Waals surface area contributed by atoms with Crippen LogP contribution in [0.1, 0.15) is 17.5 Å². The van der Waals surface area contributed by atoms with E-state index in [4.69, 9.17) is 23.9 Å². The first-order valence-corrected chi connectivity index (χ1v) is 14.9. The van der Waals surface area contributed by atoms with E-state index in [9.17, 15) is 9.59 Å². The van der Waals surface area contributed by atoms with Gasteiger partial charge in [-0.1, -0.05) is 18.2 Å². The van der Waals surface area contributed by atoms with E-state index in [1.165, 1.54) is 0 Å². The molecule has 1 fully saturated rings. The maximum absolute atomic E-state index is 13.5. The van der Waals surface area contributed by atoms with Crippen molar-refractivity contribution in [3.05, 3.63) is 78.5 Å². The van der Waals surface area contributed by atoms with E-state index >= 15 is 0 Å². The number of hydrogen-bond acceptors (Lipinski definition) is 10. The van der Waals surface area contributed by atoms with Gasteiger partial charge in [0.1, 0.15) is 24.9 Å². The molecule has 0 saturated carbocycles. The van der Waals surface area contributed by atoms with Gasteiger partial charge in [-0.05, 0) is 36.8 Å². The van der Waals surface area contributed by atoms with Crippen LogP contribution in [0.15, 0.2) is 67.4 Å². The van der Waals surface area contributed by atoms with E-state index in [2.05, 4.69) is 20.2 Å². The maximum atomic E-state index is 13.5. The van der Waals surface area contributed by atoms with Crippen molar-refractivity contribution in [2.75, 3.05) is 44.5 Å². The highest BCUT2D eigenvalue weighted by Gasteiger charge is 2.33. The molecule has 45 heavy (non-hydrogen) atoms. The lowest BCUT2D eigenvalue weighted by atomic mass is 10.0. The number of amides is 2. The van der Waals surface area contributed by atoms with Crippen molar-refractivity contribution < 1.29 is 28.5 Å². The van der Waals surface area contributed by atoms with Gasteiger partial charge in [0, 0.05) is 50.2 Å². The summed E-state index contributed by atoms with van der Waals surface area (Å²) in [5.74, 6) is 3.69. The third-order valence-corrected chi connectivity index (χ3v) is 8.08. The van der Waals surface area contributed by atoms with Crippen LogP contribution in [0.4, 0.5) is 5.82 Å². The molecule has 3 aliphatic heterocycles. The molecule has 0 radical (unpaired) electrons. The largest absolute Gasteiger partial charge is 0.486 e. The van der Waals surface area contributed by atoms with E-state index < -0.39 is 0 Å². The summed E-state index contributed by atoms with van der Waals surface area (Å²) in [6.07, 6.45) is 6.91. The highest BCUT2D eigenvalue weighted by molar-refractivity contribution is 5.80. The Hall–Kier alpha value is -5.33. The number of rotatable bonds is 8. The summed E-state index contributed by atoms with van der Waals surface area (Å²) in [6, 6.07) is 12.7. The average Bonchev–Trinajstić information content (AvgIpc) is 3.77. The normalized spacial score (nSPS) is 18.5. The predicted molar refractivity (Wildman–Crippen MR) is 162 cm³/mol. The van der Waals surface area contributed by atoms with Gasteiger partial charge in [0.05, 0.1) is 19.0 Å². The summed E-state index contributed by atoms with van der Waals surface area (Å²) in [7, 11) is 0. The number of nitrogens with one attached hydrogen (secondary N) is 1. The van der Waals surface area contributed by atoms with E-state index in [0.717, 1.165) is 16.9 Å². The van der Waals surface area contributed by atoms with Gasteiger partial charge in [0.25, 0.3) is 0 Å². The van der Waals surface area contributed by atoms with Gasteiger partial charge in [-0.3, -0.25) is 14.2 Å². The fourth-order valence-electron chi connectivity index (χ4n) is 5.77. The Bertz CT molecular complexity index is 1700. The highest BCUT2D eigenvalue weighted by atomic mass is 16.7. The lowest BCUT2D eigenvalue weighted by Crippen LogP contribution is -2.57. The zero-order chi connectivity index (χ0) is 30.8. The summed E-state index contributed by atoms with van der Waals surface area (Å²) >= 11 is 0. The third-order valence-electron chi connectivity index (χ3n) is 8.08. The molecule has 0 bridgehead atoms. The van der Waals surface area contributed by atoms with Crippen LogP contribution in [0.3, 0.4) is 0 Å². The third kappa shape index (κ3) is 6.19. The Morgan fingerprint density at radius 3 is 2.73 bits per heavy atom. The quantitative estimate of drug-likeness (QED) is 0.317.